The Morgan fingerprint density at radius 1 is 1.29 bits per heavy atom. The van der Waals surface area contributed by atoms with Crippen LogP contribution in [0, 0.1) is 19.8 Å². The van der Waals surface area contributed by atoms with Gasteiger partial charge in [0, 0.05) is 44.0 Å². The lowest BCUT2D eigenvalue weighted by Crippen LogP contribution is -2.32. The van der Waals surface area contributed by atoms with Crippen LogP contribution in [0.15, 0.2) is 12.4 Å². The second kappa shape index (κ2) is 5.46. The fraction of sp³-hybridized carbons (Fsp3) is 0.611. The Hall–Kier alpha value is -2.11. The van der Waals surface area contributed by atoms with Gasteiger partial charge in [-0.25, -0.2) is 0 Å². The molecule has 0 N–H and O–H groups in total. The molecule has 6 heteroatoms. The van der Waals surface area contributed by atoms with Crippen LogP contribution in [0.2, 0.25) is 0 Å². The molecule has 3 atom stereocenters. The standard InChI is InChI=1S/C18H25N5O/c1-11-17(12(2)22(4)20-11)16-6-5-7-23(16)18(24)15-8-14(15)13-9-19-21(3)10-13/h9-10,14-16H,5-8H2,1-4H3/t14-,15+,16-/m0/s1. The van der Waals surface area contributed by atoms with Gasteiger partial charge in [0.15, 0.2) is 0 Å². The van der Waals surface area contributed by atoms with Gasteiger partial charge in [-0.15, -0.1) is 0 Å². The first kappa shape index (κ1) is 15.4. The van der Waals surface area contributed by atoms with Gasteiger partial charge >= 0.3 is 0 Å². The summed E-state index contributed by atoms with van der Waals surface area (Å²) in [5.74, 6) is 0.796. The summed E-state index contributed by atoms with van der Waals surface area (Å²) < 4.78 is 3.75. The largest absolute Gasteiger partial charge is 0.335 e. The van der Waals surface area contributed by atoms with Gasteiger partial charge in [0.25, 0.3) is 0 Å². The number of hydrogen-bond acceptors (Lipinski definition) is 3. The topological polar surface area (TPSA) is 56.0 Å². The van der Waals surface area contributed by atoms with Gasteiger partial charge in [-0.3, -0.25) is 14.2 Å². The Bertz CT molecular complexity index is 789. The smallest absolute Gasteiger partial charge is 0.226 e. The van der Waals surface area contributed by atoms with Crippen molar-refractivity contribution in [2.45, 2.75) is 45.1 Å². The summed E-state index contributed by atoms with van der Waals surface area (Å²) in [5.41, 5.74) is 4.68. The van der Waals surface area contributed by atoms with E-state index >= 15 is 0 Å². The first-order valence-electron chi connectivity index (χ1n) is 8.76. The zero-order chi connectivity index (χ0) is 17.0. The van der Waals surface area contributed by atoms with E-state index in [-0.39, 0.29) is 12.0 Å². The number of likely N-dealkylation sites (tertiary alicyclic amines) is 1. The number of hydrogen-bond donors (Lipinski definition) is 0. The highest BCUT2D eigenvalue weighted by Gasteiger charge is 2.48. The molecule has 6 nitrogen and oxygen atoms in total. The lowest BCUT2D eigenvalue weighted by molar-refractivity contribution is -0.133. The van der Waals surface area contributed by atoms with Gasteiger partial charge in [0.1, 0.15) is 0 Å². The average molecular weight is 327 g/mol. The Morgan fingerprint density at radius 2 is 2.08 bits per heavy atom. The summed E-state index contributed by atoms with van der Waals surface area (Å²) in [5, 5.41) is 8.78. The van der Waals surface area contributed by atoms with Gasteiger partial charge in [-0.2, -0.15) is 10.2 Å². The van der Waals surface area contributed by atoms with Gasteiger partial charge in [-0.05, 0) is 44.6 Å². The van der Waals surface area contributed by atoms with Crippen LogP contribution in [-0.4, -0.2) is 36.9 Å². The van der Waals surface area contributed by atoms with Crippen molar-refractivity contribution >= 4 is 5.91 Å². The first-order valence-corrected chi connectivity index (χ1v) is 8.76. The molecule has 2 aromatic rings. The fourth-order valence-electron chi connectivity index (χ4n) is 4.28. The van der Waals surface area contributed by atoms with Crippen LogP contribution in [0.1, 0.15) is 53.7 Å². The van der Waals surface area contributed by atoms with Crippen molar-refractivity contribution in [3.05, 3.63) is 34.9 Å². The number of carbonyl (C=O) groups is 1. The summed E-state index contributed by atoms with van der Waals surface area (Å²) in [7, 11) is 3.90. The van der Waals surface area contributed by atoms with E-state index in [4.69, 9.17) is 0 Å². The van der Waals surface area contributed by atoms with E-state index in [1.165, 1.54) is 16.8 Å². The van der Waals surface area contributed by atoms with Gasteiger partial charge in [0.2, 0.25) is 5.91 Å². The zero-order valence-electron chi connectivity index (χ0n) is 14.9. The Balaban J connectivity index is 1.54. The number of aryl methyl sites for hydroxylation is 3. The minimum absolute atomic E-state index is 0.132. The van der Waals surface area contributed by atoms with Gasteiger partial charge in [0.05, 0.1) is 17.9 Å². The second-order valence-corrected chi connectivity index (χ2v) is 7.29. The van der Waals surface area contributed by atoms with Crippen molar-refractivity contribution in [1.29, 1.82) is 0 Å². The first-order chi connectivity index (χ1) is 11.5. The Kier molecular flexibility index (Phi) is 3.51. The third-order valence-electron chi connectivity index (χ3n) is 5.69. The van der Waals surface area contributed by atoms with Crippen molar-refractivity contribution < 1.29 is 4.79 Å². The molecule has 2 aromatic heterocycles. The molecule has 3 heterocycles. The molecule has 0 bridgehead atoms. The number of rotatable bonds is 3. The molecule has 24 heavy (non-hydrogen) atoms. The van der Waals surface area contributed by atoms with E-state index < -0.39 is 0 Å². The van der Waals surface area contributed by atoms with Gasteiger partial charge in [-0.1, -0.05) is 0 Å². The molecule has 0 spiro atoms. The molecule has 1 amide bonds. The molecule has 2 fully saturated rings. The highest BCUT2D eigenvalue weighted by molar-refractivity contribution is 5.83. The Labute approximate surface area is 142 Å². The molecule has 0 radical (unpaired) electrons. The molecule has 1 aliphatic heterocycles. The number of carbonyl (C=O) groups excluding carboxylic acids is 1. The Morgan fingerprint density at radius 3 is 2.71 bits per heavy atom. The second-order valence-electron chi connectivity index (χ2n) is 7.29. The molecule has 4 rings (SSSR count). The van der Waals surface area contributed by atoms with Crippen LogP contribution in [0.25, 0.3) is 0 Å². The normalized spacial score (nSPS) is 26.2. The molecule has 1 aliphatic carbocycles. The van der Waals surface area contributed by atoms with Crippen molar-refractivity contribution in [3.63, 3.8) is 0 Å². The molecule has 1 saturated heterocycles. The summed E-state index contributed by atoms with van der Waals surface area (Å²) >= 11 is 0. The summed E-state index contributed by atoms with van der Waals surface area (Å²) in [6.45, 7) is 5.03. The number of amides is 1. The molecule has 0 unspecified atom stereocenters. The molecule has 1 saturated carbocycles. The number of aromatic nitrogens is 4. The molecule has 2 aliphatic rings. The monoisotopic (exact) mass is 327 g/mol. The number of nitrogens with zero attached hydrogens (tertiary/aromatic N) is 5. The third-order valence-corrected chi connectivity index (χ3v) is 5.69. The minimum atomic E-state index is 0.132. The van der Waals surface area contributed by atoms with Gasteiger partial charge < -0.3 is 4.90 Å². The summed E-state index contributed by atoms with van der Waals surface area (Å²) in [6, 6.07) is 0.196. The van der Waals surface area contributed by atoms with Crippen LogP contribution >= 0.6 is 0 Å². The highest BCUT2D eigenvalue weighted by atomic mass is 16.2. The van der Waals surface area contributed by atoms with E-state index in [1.54, 1.807) is 0 Å². The molecule has 0 aromatic carbocycles. The lowest BCUT2D eigenvalue weighted by Gasteiger charge is -2.25. The quantitative estimate of drug-likeness (QED) is 0.869. The third kappa shape index (κ3) is 2.36. The fourth-order valence-corrected chi connectivity index (χ4v) is 4.28. The van der Waals surface area contributed by atoms with Crippen LogP contribution in [0.3, 0.4) is 0 Å². The maximum Gasteiger partial charge on any atom is 0.226 e. The predicted molar refractivity (Wildman–Crippen MR) is 90.4 cm³/mol. The van der Waals surface area contributed by atoms with Crippen LogP contribution in [-0.2, 0) is 18.9 Å². The van der Waals surface area contributed by atoms with Crippen molar-refractivity contribution in [3.8, 4) is 0 Å². The van der Waals surface area contributed by atoms with Crippen LogP contribution < -0.4 is 0 Å². The van der Waals surface area contributed by atoms with E-state index in [0.717, 1.165) is 31.5 Å². The van der Waals surface area contributed by atoms with Crippen molar-refractivity contribution in [2.75, 3.05) is 6.54 Å². The maximum absolute atomic E-state index is 13.1. The predicted octanol–water partition coefficient (Wildman–Crippen LogP) is 2.24. The van der Waals surface area contributed by atoms with E-state index in [2.05, 4.69) is 28.9 Å². The lowest BCUT2D eigenvalue weighted by atomic mass is 10.0. The highest BCUT2D eigenvalue weighted by Crippen LogP contribution is 2.50. The maximum atomic E-state index is 13.1. The van der Waals surface area contributed by atoms with E-state index in [1.807, 2.05) is 35.9 Å². The summed E-state index contributed by atoms with van der Waals surface area (Å²) in [6.07, 6.45) is 7.01. The summed E-state index contributed by atoms with van der Waals surface area (Å²) in [4.78, 5) is 15.2. The SMILES string of the molecule is Cc1nn(C)c(C)c1[C@@H]1CCCN1C(=O)[C@@H]1C[C@H]1c1cnn(C)c1. The molecule has 128 valence electrons. The molecular weight excluding hydrogens is 302 g/mol. The minimum Gasteiger partial charge on any atom is -0.335 e. The van der Waals surface area contributed by atoms with Crippen LogP contribution in [0.4, 0.5) is 0 Å². The average Bonchev–Trinajstić information content (AvgIpc) is 2.84. The van der Waals surface area contributed by atoms with E-state index in [0.29, 0.717) is 11.8 Å². The van der Waals surface area contributed by atoms with Crippen molar-refractivity contribution in [2.24, 2.45) is 20.0 Å². The van der Waals surface area contributed by atoms with Crippen molar-refractivity contribution in [1.82, 2.24) is 24.5 Å². The van der Waals surface area contributed by atoms with Crippen LogP contribution in [0.5, 0.6) is 0 Å². The van der Waals surface area contributed by atoms with E-state index in [9.17, 15) is 4.79 Å². The zero-order valence-corrected chi connectivity index (χ0v) is 14.9. The molecular formula is C18H25N5O.